The van der Waals surface area contributed by atoms with E-state index in [1.807, 2.05) is 48.5 Å². The van der Waals surface area contributed by atoms with Gasteiger partial charge in [-0.25, -0.2) is 9.98 Å². The molecule has 0 unspecified atom stereocenters. The Morgan fingerprint density at radius 1 is 0.679 bits per heavy atom. The van der Waals surface area contributed by atoms with Gasteiger partial charge in [-0.15, -0.1) is 0 Å². The van der Waals surface area contributed by atoms with Crippen molar-refractivity contribution >= 4 is 17.2 Å². The molecule has 3 aromatic carbocycles. The van der Waals surface area contributed by atoms with Crippen molar-refractivity contribution in [3.05, 3.63) is 113 Å². The van der Waals surface area contributed by atoms with Crippen LogP contribution in [0.15, 0.2) is 101 Å². The number of hydrogen-bond donors (Lipinski definition) is 0. The topological polar surface area (TPSA) is 34.0 Å². The first-order valence-corrected chi connectivity index (χ1v) is 9.50. The highest BCUT2D eigenvalue weighted by Gasteiger charge is 2.37. The highest BCUT2D eigenvalue weighted by molar-refractivity contribution is 6.14. The van der Waals surface area contributed by atoms with Crippen LogP contribution in [0.25, 0.3) is 5.57 Å². The maximum absolute atomic E-state index is 6.20. The van der Waals surface area contributed by atoms with Gasteiger partial charge in [-0.05, 0) is 41.8 Å². The van der Waals surface area contributed by atoms with Gasteiger partial charge in [-0.2, -0.15) is 0 Å². The molecular formula is C25H20N2O. The molecule has 0 aliphatic carbocycles. The van der Waals surface area contributed by atoms with Gasteiger partial charge in [0.25, 0.3) is 0 Å². The summed E-state index contributed by atoms with van der Waals surface area (Å²) >= 11 is 0. The molecule has 2 aliphatic rings. The Hall–Kier alpha value is -3.46. The van der Waals surface area contributed by atoms with Gasteiger partial charge >= 0.3 is 0 Å². The van der Waals surface area contributed by atoms with Gasteiger partial charge in [0.2, 0.25) is 12.1 Å². The summed E-state index contributed by atoms with van der Waals surface area (Å²) in [6.07, 6.45) is 1.81. The first kappa shape index (κ1) is 16.7. The van der Waals surface area contributed by atoms with Gasteiger partial charge in [0.15, 0.2) is 0 Å². The molecule has 5 rings (SSSR count). The quantitative estimate of drug-likeness (QED) is 0.640. The normalized spacial score (nSPS) is 20.5. The maximum Gasteiger partial charge on any atom is 0.219 e. The molecule has 2 aliphatic heterocycles. The number of fused-ring (bicyclic) bond motifs is 1. The van der Waals surface area contributed by atoms with Gasteiger partial charge in [0.1, 0.15) is 6.04 Å². The zero-order valence-corrected chi connectivity index (χ0v) is 15.6. The summed E-state index contributed by atoms with van der Waals surface area (Å²) < 4.78 is 6.20. The molecule has 3 heteroatoms. The predicted molar refractivity (Wildman–Crippen MR) is 114 cm³/mol. The average Bonchev–Trinajstić information content (AvgIpc) is 3.19. The summed E-state index contributed by atoms with van der Waals surface area (Å²) in [5.41, 5.74) is 6.54. The van der Waals surface area contributed by atoms with Gasteiger partial charge in [-0.3, -0.25) is 0 Å². The second-order valence-corrected chi connectivity index (χ2v) is 7.10. The summed E-state index contributed by atoms with van der Waals surface area (Å²) in [6, 6.07) is 28.7. The molecule has 2 heterocycles. The summed E-state index contributed by atoms with van der Waals surface area (Å²) in [5.74, 6) is 0.659. The van der Waals surface area contributed by atoms with E-state index in [4.69, 9.17) is 14.7 Å². The van der Waals surface area contributed by atoms with E-state index in [1.165, 1.54) is 5.56 Å². The van der Waals surface area contributed by atoms with Crippen molar-refractivity contribution in [1.29, 1.82) is 0 Å². The van der Waals surface area contributed by atoms with Crippen LogP contribution in [0.2, 0.25) is 0 Å². The van der Waals surface area contributed by atoms with Crippen LogP contribution < -0.4 is 0 Å². The molecule has 0 spiro atoms. The van der Waals surface area contributed by atoms with Crippen LogP contribution in [-0.4, -0.2) is 23.9 Å². The Morgan fingerprint density at radius 3 is 2.00 bits per heavy atom. The molecule has 0 radical (unpaired) electrons. The van der Waals surface area contributed by atoms with Crippen LogP contribution in [0.4, 0.5) is 0 Å². The summed E-state index contributed by atoms with van der Waals surface area (Å²) in [5, 5.41) is 0. The molecule has 0 saturated heterocycles. The number of ether oxygens (including phenoxy) is 1. The van der Waals surface area contributed by atoms with E-state index in [9.17, 15) is 0 Å². The van der Waals surface area contributed by atoms with E-state index in [-0.39, 0.29) is 12.3 Å². The minimum Gasteiger partial charge on any atom is -0.449 e. The van der Waals surface area contributed by atoms with Crippen molar-refractivity contribution in [3.8, 4) is 0 Å². The number of allylic oxidation sites excluding steroid dienone is 1. The number of aliphatic imine (C=N–C) groups is 2. The third-order valence-electron chi connectivity index (χ3n) is 5.11. The molecule has 2 atom stereocenters. The van der Waals surface area contributed by atoms with Gasteiger partial charge in [0, 0.05) is 5.56 Å². The lowest BCUT2D eigenvalue weighted by Gasteiger charge is -2.23. The molecule has 0 N–H and O–H groups in total. The SMILES string of the molecule is Cc1ccc(C2=CC(c3ccccc3)=N[C@@H]3OC(c4ccccc4)=N[C@H]23)cc1. The Morgan fingerprint density at radius 2 is 1.32 bits per heavy atom. The molecule has 0 amide bonds. The number of hydrogen-bond acceptors (Lipinski definition) is 3. The molecule has 0 aromatic heterocycles. The van der Waals surface area contributed by atoms with Gasteiger partial charge < -0.3 is 4.74 Å². The summed E-state index contributed by atoms with van der Waals surface area (Å²) in [7, 11) is 0. The largest absolute Gasteiger partial charge is 0.449 e. The molecular weight excluding hydrogens is 344 g/mol. The molecule has 0 fully saturated rings. The van der Waals surface area contributed by atoms with E-state index < -0.39 is 0 Å². The number of benzene rings is 3. The highest BCUT2D eigenvalue weighted by atomic mass is 16.5. The Kier molecular flexibility index (Phi) is 4.13. The Balaban J connectivity index is 1.60. The van der Waals surface area contributed by atoms with E-state index in [0.29, 0.717) is 5.90 Å². The molecule has 0 bridgehead atoms. The minimum absolute atomic E-state index is 0.134. The van der Waals surface area contributed by atoms with Crippen LogP contribution in [0.3, 0.4) is 0 Å². The molecule has 136 valence electrons. The number of nitrogens with zero attached hydrogens (tertiary/aromatic N) is 2. The van der Waals surface area contributed by atoms with Crippen molar-refractivity contribution in [3.63, 3.8) is 0 Å². The zero-order chi connectivity index (χ0) is 18.9. The lowest BCUT2D eigenvalue weighted by molar-refractivity contribution is 0.218. The predicted octanol–water partition coefficient (Wildman–Crippen LogP) is 5.05. The van der Waals surface area contributed by atoms with Crippen molar-refractivity contribution in [1.82, 2.24) is 0 Å². The smallest absolute Gasteiger partial charge is 0.219 e. The Bertz CT molecular complexity index is 1080. The van der Waals surface area contributed by atoms with E-state index in [1.54, 1.807) is 0 Å². The van der Waals surface area contributed by atoms with Crippen LogP contribution in [-0.2, 0) is 4.74 Å². The van der Waals surface area contributed by atoms with E-state index in [2.05, 4.69) is 49.4 Å². The number of rotatable bonds is 3. The monoisotopic (exact) mass is 364 g/mol. The standard InChI is InChI=1S/C25H20N2O/c1-17-12-14-18(15-13-17)21-16-22(19-8-4-2-5-9-19)26-25-23(21)27-24(28-25)20-10-6-3-7-11-20/h2-16,23,25H,1H3/t23-,25-/m1/s1. The van der Waals surface area contributed by atoms with E-state index >= 15 is 0 Å². The fourth-order valence-corrected chi connectivity index (χ4v) is 3.62. The second kappa shape index (κ2) is 6.93. The number of dihydropyridines is 1. The van der Waals surface area contributed by atoms with Crippen LogP contribution >= 0.6 is 0 Å². The first-order chi connectivity index (χ1) is 13.8. The molecule has 28 heavy (non-hydrogen) atoms. The van der Waals surface area contributed by atoms with Crippen LogP contribution in [0, 0.1) is 6.92 Å². The van der Waals surface area contributed by atoms with E-state index in [0.717, 1.165) is 28.0 Å². The van der Waals surface area contributed by atoms with Crippen molar-refractivity contribution in [2.24, 2.45) is 9.98 Å². The molecule has 3 nitrogen and oxygen atoms in total. The van der Waals surface area contributed by atoms with Crippen LogP contribution in [0.5, 0.6) is 0 Å². The highest BCUT2D eigenvalue weighted by Crippen LogP contribution is 2.34. The maximum atomic E-state index is 6.20. The summed E-state index contributed by atoms with van der Waals surface area (Å²) in [6.45, 7) is 2.10. The fourth-order valence-electron chi connectivity index (χ4n) is 3.62. The molecule has 0 saturated carbocycles. The first-order valence-electron chi connectivity index (χ1n) is 9.50. The Labute approximate surface area is 164 Å². The second-order valence-electron chi connectivity index (χ2n) is 7.10. The lowest BCUT2D eigenvalue weighted by atomic mass is 9.92. The third kappa shape index (κ3) is 3.05. The van der Waals surface area contributed by atoms with Gasteiger partial charge in [-0.1, -0.05) is 78.4 Å². The van der Waals surface area contributed by atoms with Crippen molar-refractivity contribution in [2.45, 2.75) is 19.2 Å². The zero-order valence-electron chi connectivity index (χ0n) is 15.6. The third-order valence-corrected chi connectivity index (χ3v) is 5.11. The van der Waals surface area contributed by atoms with Crippen molar-refractivity contribution in [2.75, 3.05) is 0 Å². The number of aryl methyl sites for hydroxylation is 1. The van der Waals surface area contributed by atoms with Gasteiger partial charge in [0.05, 0.1) is 5.71 Å². The summed E-state index contributed by atoms with van der Waals surface area (Å²) in [4.78, 5) is 9.79. The van der Waals surface area contributed by atoms with Crippen LogP contribution in [0.1, 0.15) is 22.3 Å². The molecule has 3 aromatic rings. The lowest BCUT2D eigenvalue weighted by Crippen LogP contribution is -2.27. The average molecular weight is 364 g/mol. The van der Waals surface area contributed by atoms with Crippen molar-refractivity contribution < 1.29 is 4.74 Å². The fraction of sp³-hybridized carbons (Fsp3) is 0.120. The minimum atomic E-state index is -0.341.